The van der Waals surface area contributed by atoms with Gasteiger partial charge in [0, 0.05) is 0 Å². The summed E-state index contributed by atoms with van der Waals surface area (Å²) in [4.78, 5) is 0. The second-order valence-electron chi connectivity index (χ2n) is 11.2. The Morgan fingerprint density at radius 3 is 1.58 bits per heavy atom. The Labute approximate surface area is 216 Å². The van der Waals surface area contributed by atoms with E-state index < -0.39 is 0 Å². The standard InChI is InChI=1S/C36H36/c1-21-17-31(28-15-11-8-12-16-28)26(6)36-29(21)18-23(3)35(36)34-24(4)20-32-25(5)30(19-22(2)33(32)34)27-13-9-7-10-14-27/h7-17,19,23-24H,18,20H2,1-6H3/b35-34+/t23-,24-/m1/s1. The zero-order valence-corrected chi connectivity index (χ0v) is 22.5. The van der Waals surface area contributed by atoms with Gasteiger partial charge in [0.05, 0.1) is 0 Å². The second-order valence-corrected chi connectivity index (χ2v) is 11.2. The molecule has 0 saturated carbocycles. The number of hydrogen-bond acceptors (Lipinski definition) is 0. The molecule has 2 aliphatic carbocycles. The van der Waals surface area contributed by atoms with Crippen molar-refractivity contribution in [1.29, 1.82) is 0 Å². The molecule has 36 heavy (non-hydrogen) atoms. The summed E-state index contributed by atoms with van der Waals surface area (Å²) in [6, 6.07) is 26.7. The number of aryl methyl sites for hydroxylation is 2. The molecule has 0 fully saturated rings. The second kappa shape index (κ2) is 8.63. The zero-order chi connectivity index (χ0) is 25.1. The summed E-state index contributed by atoms with van der Waals surface area (Å²) in [6.45, 7) is 14.3. The van der Waals surface area contributed by atoms with E-state index in [2.05, 4.69) is 114 Å². The lowest BCUT2D eigenvalue weighted by Gasteiger charge is -2.21. The minimum atomic E-state index is 0.534. The molecule has 0 heterocycles. The summed E-state index contributed by atoms with van der Waals surface area (Å²) < 4.78 is 0. The molecule has 0 bridgehead atoms. The Bertz CT molecular complexity index is 1520. The van der Waals surface area contributed by atoms with E-state index in [1.165, 1.54) is 50.1 Å². The highest BCUT2D eigenvalue weighted by Crippen LogP contribution is 2.53. The summed E-state index contributed by atoms with van der Waals surface area (Å²) in [6.07, 6.45) is 2.29. The van der Waals surface area contributed by atoms with E-state index in [1.807, 2.05) is 0 Å². The summed E-state index contributed by atoms with van der Waals surface area (Å²) >= 11 is 0. The third-order valence-electron chi connectivity index (χ3n) is 8.84. The number of hydrogen-bond donors (Lipinski definition) is 0. The van der Waals surface area contributed by atoms with Crippen molar-refractivity contribution >= 4 is 11.1 Å². The Kier molecular flexibility index (Phi) is 5.52. The number of allylic oxidation sites excluding steroid dienone is 2. The fraction of sp³-hybridized carbons (Fsp3) is 0.278. The smallest absolute Gasteiger partial charge is 0.0140 e. The first kappa shape index (κ1) is 23.0. The van der Waals surface area contributed by atoms with Crippen LogP contribution in [0.5, 0.6) is 0 Å². The Morgan fingerprint density at radius 2 is 1.00 bits per heavy atom. The van der Waals surface area contributed by atoms with Crippen molar-refractivity contribution in [2.24, 2.45) is 11.8 Å². The Morgan fingerprint density at radius 1 is 0.528 bits per heavy atom. The van der Waals surface area contributed by atoms with E-state index in [0.717, 1.165) is 12.8 Å². The molecule has 0 spiro atoms. The van der Waals surface area contributed by atoms with E-state index >= 15 is 0 Å². The lowest BCUT2D eigenvalue weighted by atomic mass is 9.83. The Hall–Kier alpha value is -3.38. The molecule has 0 nitrogen and oxygen atoms in total. The normalized spacial score (nSPS) is 20.5. The largest absolute Gasteiger partial charge is 0.0622 e. The maximum absolute atomic E-state index is 2.46. The minimum Gasteiger partial charge on any atom is -0.0622 e. The van der Waals surface area contributed by atoms with Crippen molar-refractivity contribution in [3.8, 4) is 22.3 Å². The van der Waals surface area contributed by atoms with Crippen LogP contribution >= 0.6 is 0 Å². The first-order valence-corrected chi connectivity index (χ1v) is 13.5. The van der Waals surface area contributed by atoms with Gasteiger partial charge in [-0.25, -0.2) is 0 Å². The number of fused-ring (bicyclic) bond motifs is 2. The average molecular weight is 469 g/mol. The maximum atomic E-state index is 2.46. The molecule has 180 valence electrons. The highest BCUT2D eigenvalue weighted by atomic mass is 14.4. The fourth-order valence-corrected chi connectivity index (χ4v) is 7.16. The molecule has 0 radical (unpaired) electrons. The molecule has 0 heteroatoms. The predicted octanol–water partition coefficient (Wildman–Crippen LogP) is 9.55. The van der Waals surface area contributed by atoms with Crippen molar-refractivity contribution in [2.75, 3.05) is 0 Å². The minimum absolute atomic E-state index is 0.534. The van der Waals surface area contributed by atoms with Gasteiger partial charge in [-0.2, -0.15) is 0 Å². The van der Waals surface area contributed by atoms with Crippen molar-refractivity contribution < 1.29 is 0 Å². The molecule has 0 aromatic heterocycles. The van der Waals surface area contributed by atoms with Crippen molar-refractivity contribution in [3.63, 3.8) is 0 Å². The highest BCUT2D eigenvalue weighted by Gasteiger charge is 2.37. The third-order valence-corrected chi connectivity index (χ3v) is 8.84. The van der Waals surface area contributed by atoms with Crippen LogP contribution in [0.1, 0.15) is 58.4 Å². The van der Waals surface area contributed by atoms with Gasteiger partial charge < -0.3 is 0 Å². The molecule has 0 N–H and O–H groups in total. The molecule has 0 amide bonds. The molecule has 2 aliphatic rings. The summed E-state index contributed by atoms with van der Waals surface area (Å²) in [5.74, 6) is 1.08. The van der Waals surface area contributed by atoms with Gasteiger partial charge in [0.1, 0.15) is 0 Å². The van der Waals surface area contributed by atoms with Gasteiger partial charge in [-0.1, -0.05) is 86.6 Å². The lowest BCUT2D eigenvalue weighted by molar-refractivity contribution is 0.751. The van der Waals surface area contributed by atoms with Gasteiger partial charge in [-0.15, -0.1) is 0 Å². The first-order valence-electron chi connectivity index (χ1n) is 13.5. The van der Waals surface area contributed by atoms with E-state index in [1.54, 1.807) is 27.8 Å². The van der Waals surface area contributed by atoms with Crippen LogP contribution in [-0.4, -0.2) is 0 Å². The van der Waals surface area contributed by atoms with Crippen molar-refractivity contribution in [1.82, 2.24) is 0 Å². The summed E-state index contributed by atoms with van der Waals surface area (Å²) in [5.41, 5.74) is 20.6. The maximum Gasteiger partial charge on any atom is -0.0140 e. The van der Waals surface area contributed by atoms with E-state index in [9.17, 15) is 0 Å². The van der Waals surface area contributed by atoms with Gasteiger partial charge in [-0.3, -0.25) is 0 Å². The van der Waals surface area contributed by atoms with Gasteiger partial charge in [-0.05, 0) is 130 Å². The lowest BCUT2D eigenvalue weighted by Crippen LogP contribution is -2.02. The van der Waals surface area contributed by atoms with Crippen LogP contribution in [-0.2, 0) is 12.8 Å². The number of rotatable bonds is 2. The molecule has 0 unspecified atom stereocenters. The van der Waals surface area contributed by atoms with Crippen LogP contribution in [0.3, 0.4) is 0 Å². The molecule has 6 rings (SSSR count). The first-order chi connectivity index (χ1) is 17.4. The van der Waals surface area contributed by atoms with E-state index in [-0.39, 0.29) is 0 Å². The van der Waals surface area contributed by atoms with Crippen molar-refractivity contribution in [2.45, 2.75) is 54.4 Å². The monoisotopic (exact) mass is 468 g/mol. The Balaban J connectivity index is 1.61. The molecule has 4 aromatic rings. The predicted molar refractivity (Wildman–Crippen MR) is 155 cm³/mol. The van der Waals surface area contributed by atoms with Crippen LogP contribution in [0, 0.1) is 39.5 Å². The highest BCUT2D eigenvalue weighted by molar-refractivity contribution is 6.01. The third kappa shape index (κ3) is 3.42. The molecule has 4 aromatic carbocycles. The van der Waals surface area contributed by atoms with Crippen LogP contribution < -0.4 is 0 Å². The SMILES string of the molecule is Cc1cc(-c2ccccc2)c(C)c2c1C[C@@H](C)/C2=C1\c2c(C)cc(-c3ccccc3)c(C)c2C[C@H]1C. The van der Waals surface area contributed by atoms with E-state index in [4.69, 9.17) is 0 Å². The van der Waals surface area contributed by atoms with Crippen LogP contribution in [0.15, 0.2) is 72.8 Å². The fourth-order valence-electron chi connectivity index (χ4n) is 7.16. The average Bonchev–Trinajstić information content (AvgIpc) is 3.41. The van der Waals surface area contributed by atoms with Gasteiger partial charge in [0.15, 0.2) is 0 Å². The number of benzene rings is 4. The van der Waals surface area contributed by atoms with Crippen molar-refractivity contribution in [3.05, 3.63) is 117 Å². The van der Waals surface area contributed by atoms with Gasteiger partial charge >= 0.3 is 0 Å². The topological polar surface area (TPSA) is 0 Å². The van der Waals surface area contributed by atoms with Crippen LogP contribution in [0.4, 0.5) is 0 Å². The summed E-state index contributed by atoms with van der Waals surface area (Å²) in [5, 5.41) is 0. The molecular formula is C36H36. The van der Waals surface area contributed by atoms with E-state index in [0.29, 0.717) is 11.8 Å². The van der Waals surface area contributed by atoms with Crippen LogP contribution in [0.2, 0.25) is 0 Å². The van der Waals surface area contributed by atoms with Gasteiger partial charge in [0.25, 0.3) is 0 Å². The quantitative estimate of drug-likeness (QED) is 0.275. The molecular weight excluding hydrogens is 432 g/mol. The summed E-state index contributed by atoms with van der Waals surface area (Å²) in [7, 11) is 0. The molecule has 0 saturated heterocycles. The van der Waals surface area contributed by atoms with Crippen LogP contribution in [0.25, 0.3) is 33.4 Å². The molecule has 2 atom stereocenters. The van der Waals surface area contributed by atoms with Gasteiger partial charge in [0.2, 0.25) is 0 Å². The molecule has 0 aliphatic heterocycles. The zero-order valence-electron chi connectivity index (χ0n) is 22.5.